The van der Waals surface area contributed by atoms with E-state index in [-0.39, 0.29) is 12.2 Å². The van der Waals surface area contributed by atoms with E-state index in [0.29, 0.717) is 16.9 Å². The Kier molecular flexibility index (Phi) is 2.13. The molecule has 0 unspecified atom stereocenters. The molecular formula is C16H13NO3. The van der Waals surface area contributed by atoms with E-state index in [2.05, 4.69) is 4.98 Å². The predicted octanol–water partition coefficient (Wildman–Crippen LogP) is 3.03. The lowest BCUT2D eigenvalue weighted by atomic mass is 10.0. The van der Waals surface area contributed by atoms with Gasteiger partial charge < -0.3 is 14.5 Å². The summed E-state index contributed by atoms with van der Waals surface area (Å²) in [6, 6.07) is 7.61. The van der Waals surface area contributed by atoms with Crippen LogP contribution in [0.25, 0.3) is 21.8 Å². The number of fused-ring (bicyclic) bond motifs is 3. The second-order valence-corrected chi connectivity index (χ2v) is 5.21. The number of ether oxygens (including phenoxy) is 2. The van der Waals surface area contributed by atoms with E-state index in [4.69, 9.17) is 9.47 Å². The highest BCUT2D eigenvalue weighted by atomic mass is 16.7. The van der Waals surface area contributed by atoms with Gasteiger partial charge in [0.15, 0.2) is 16.9 Å². The topological polar surface area (TPSA) is 51.3 Å². The molecule has 3 aromatic rings. The van der Waals surface area contributed by atoms with E-state index in [1.54, 1.807) is 6.07 Å². The van der Waals surface area contributed by atoms with E-state index in [1.807, 2.05) is 32.0 Å². The number of aromatic nitrogens is 1. The summed E-state index contributed by atoms with van der Waals surface area (Å²) < 4.78 is 10.7. The normalized spacial score (nSPS) is 13.3. The fourth-order valence-electron chi connectivity index (χ4n) is 2.88. The van der Waals surface area contributed by atoms with Crippen molar-refractivity contribution in [2.45, 2.75) is 13.8 Å². The Hall–Kier alpha value is -2.49. The van der Waals surface area contributed by atoms with E-state index in [9.17, 15) is 4.79 Å². The van der Waals surface area contributed by atoms with Crippen LogP contribution in [0, 0.1) is 13.8 Å². The van der Waals surface area contributed by atoms with Crippen LogP contribution in [-0.2, 0) is 0 Å². The lowest BCUT2D eigenvalue weighted by molar-refractivity contribution is 0.174. The Morgan fingerprint density at radius 2 is 1.75 bits per heavy atom. The van der Waals surface area contributed by atoms with Gasteiger partial charge in [-0.25, -0.2) is 0 Å². The molecule has 0 bridgehead atoms. The molecule has 0 fully saturated rings. The predicted molar refractivity (Wildman–Crippen MR) is 77.7 cm³/mol. The van der Waals surface area contributed by atoms with Gasteiger partial charge >= 0.3 is 0 Å². The molecule has 0 aliphatic carbocycles. The van der Waals surface area contributed by atoms with Crippen LogP contribution < -0.4 is 14.9 Å². The van der Waals surface area contributed by atoms with Gasteiger partial charge in [0, 0.05) is 11.5 Å². The molecular weight excluding hydrogens is 254 g/mol. The minimum absolute atomic E-state index is 0.0320. The van der Waals surface area contributed by atoms with Crippen LogP contribution in [0.4, 0.5) is 0 Å². The molecule has 0 amide bonds. The zero-order chi connectivity index (χ0) is 13.9. The van der Waals surface area contributed by atoms with Crippen LogP contribution in [0.3, 0.4) is 0 Å². The number of rotatable bonds is 0. The molecule has 1 N–H and O–H groups in total. The number of aromatic amines is 1. The third-order valence-corrected chi connectivity index (χ3v) is 3.73. The minimum atomic E-state index is 0.0320. The maximum atomic E-state index is 12.7. The van der Waals surface area contributed by atoms with Crippen LogP contribution in [0.15, 0.2) is 29.1 Å². The van der Waals surface area contributed by atoms with Gasteiger partial charge in [-0.05, 0) is 37.1 Å². The third kappa shape index (κ3) is 1.45. The molecule has 1 aliphatic heterocycles. The van der Waals surface area contributed by atoms with Crippen molar-refractivity contribution >= 4 is 21.8 Å². The highest BCUT2D eigenvalue weighted by Gasteiger charge is 2.17. The summed E-state index contributed by atoms with van der Waals surface area (Å²) in [5.41, 5.74) is 3.78. The summed E-state index contributed by atoms with van der Waals surface area (Å²) in [5.74, 6) is 1.31. The summed E-state index contributed by atoms with van der Waals surface area (Å²) in [4.78, 5) is 16.0. The first kappa shape index (κ1) is 11.3. The summed E-state index contributed by atoms with van der Waals surface area (Å²) in [7, 11) is 0. The number of benzene rings is 2. The fourth-order valence-corrected chi connectivity index (χ4v) is 2.88. The summed E-state index contributed by atoms with van der Waals surface area (Å²) in [5, 5.41) is 1.37. The molecule has 0 radical (unpaired) electrons. The van der Waals surface area contributed by atoms with Crippen molar-refractivity contribution in [3.8, 4) is 11.5 Å². The average molecular weight is 267 g/mol. The highest BCUT2D eigenvalue weighted by molar-refractivity contribution is 5.95. The zero-order valence-electron chi connectivity index (χ0n) is 11.2. The zero-order valence-corrected chi connectivity index (χ0v) is 11.2. The number of hydrogen-bond acceptors (Lipinski definition) is 3. The monoisotopic (exact) mass is 267 g/mol. The lowest BCUT2D eigenvalue weighted by Gasteiger charge is -2.07. The van der Waals surface area contributed by atoms with Gasteiger partial charge in [-0.1, -0.05) is 6.07 Å². The molecule has 4 nitrogen and oxygen atoms in total. The highest BCUT2D eigenvalue weighted by Crippen LogP contribution is 2.35. The summed E-state index contributed by atoms with van der Waals surface area (Å²) >= 11 is 0. The number of H-pyrrole nitrogens is 1. The van der Waals surface area contributed by atoms with Gasteiger partial charge in [0.1, 0.15) is 0 Å². The second-order valence-electron chi connectivity index (χ2n) is 5.21. The van der Waals surface area contributed by atoms with Crippen molar-refractivity contribution in [2.75, 3.05) is 6.79 Å². The second kappa shape index (κ2) is 3.76. The Labute approximate surface area is 114 Å². The van der Waals surface area contributed by atoms with Gasteiger partial charge in [0.25, 0.3) is 0 Å². The first-order chi connectivity index (χ1) is 9.63. The van der Waals surface area contributed by atoms with E-state index < -0.39 is 0 Å². The standard InChI is InChI=1S/C16H13NO3/c1-8-3-9(2)15-12(4-8)17-11-6-14-13(19-7-20-14)5-10(11)16(15)18/h3-6H,7H2,1-2H3,(H,17,18). The largest absolute Gasteiger partial charge is 0.454 e. The van der Waals surface area contributed by atoms with Gasteiger partial charge in [0.05, 0.1) is 16.4 Å². The number of pyridine rings is 1. The van der Waals surface area contributed by atoms with Crippen molar-refractivity contribution in [3.63, 3.8) is 0 Å². The quantitative estimate of drug-likeness (QED) is 0.637. The van der Waals surface area contributed by atoms with Crippen LogP contribution >= 0.6 is 0 Å². The molecule has 4 heteroatoms. The van der Waals surface area contributed by atoms with Crippen molar-refractivity contribution in [1.82, 2.24) is 4.98 Å². The lowest BCUT2D eigenvalue weighted by Crippen LogP contribution is -2.06. The Morgan fingerprint density at radius 3 is 2.55 bits per heavy atom. The number of aryl methyl sites for hydroxylation is 2. The molecule has 0 saturated heterocycles. The van der Waals surface area contributed by atoms with Crippen molar-refractivity contribution in [2.24, 2.45) is 0 Å². The SMILES string of the molecule is Cc1cc(C)c2c(=O)c3cc4c(cc3[nH]c2c1)OCO4. The first-order valence-corrected chi connectivity index (χ1v) is 6.50. The van der Waals surface area contributed by atoms with E-state index in [1.165, 1.54) is 0 Å². The smallest absolute Gasteiger partial charge is 0.231 e. The molecule has 0 spiro atoms. The van der Waals surface area contributed by atoms with Gasteiger partial charge in [-0.2, -0.15) is 0 Å². The Bertz CT molecular complexity index is 925. The maximum absolute atomic E-state index is 12.7. The third-order valence-electron chi connectivity index (χ3n) is 3.73. The number of nitrogens with one attached hydrogen (secondary N) is 1. The molecule has 1 aliphatic rings. The van der Waals surface area contributed by atoms with Crippen molar-refractivity contribution < 1.29 is 9.47 Å². The molecule has 1 aromatic heterocycles. The molecule has 20 heavy (non-hydrogen) atoms. The summed E-state index contributed by atoms with van der Waals surface area (Å²) in [6.07, 6.45) is 0. The summed E-state index contributed by atoms with van der Waals surface area (Å²) in [6.45, 7) is 4.19. The van der Waals surface area contributed by atoms with Gasteiger partial charge in [-0.15, -0.1) is 0 Å². The minimum Gasteiger partial charge on any atom is -0.454 e. The van der Waals surface area contributed by atoms with Gasteiger partial charge in [-0.3, -0.25) is 4.79 Å². The molecule has 2 aromatic carbocycles. The van der Waals surface area contributed by atoms with Crippen LogP contribution in [-0.4, -0.2) is 11.8 Å². The molecule has 100 valence electrons. The van der Waals surface area contributed by atoms with Crippen LogP contribution in [0.1, 0.15) is 11.1 Å². The van der Waals surface area contributed by atoms with Crippen LogP contribution in [0.5, 0.6) is 11.5 Å². The fraction of sp³-hybridized carbons (Fsp3) is 0.188. The van der Waals surface area contributed by atoms with Crippen molar-refractivity contribution in [3.05, 3.63) is 45.6 Å². The van der Waals surface area contributed by atoms with Crippen molar-refractivity contribution in [1.29, 1.82) is 0 Å². The molecule has 4 rings (SSSR count). The Morgan fingerprint density at radius 1 is 1.00 bits per heavy atom. The van der Waals surface area contributed by atoms with E-state index in [0.717, 1.165) is 27.5 Å². The van der Waals surface area contributed by atoms with Gasteiger partial charge in [0.2, 0.25) is 6.79 Å². The maximum Gasteiger partial charge on any atom is 0.231 e. The molecule has 0 saturated carbocycles. The molecule has 0 atom stereocenters. The van der Waals surface area contributed by atoms with Crippen LogP contribution in [0.2, 0.25) is 0 Å². The average Bonchev–Trinajstić information content (AvgIpc) is 2.83. The van der Waals surface area contributed by atoms with E-state index >= 15 is 0 Å². The number of hydrogen-bond donors (Lipinski definition) is 1. The Balaban J connectivity index is 2.21. The first-order valence-electron chi connectivity index (χ1n) is 6.50. The molecule has 2 heterocycles.